The highest BCUT2D eigenvalue weighted by Crippen LogP contribution is 2.64. The van der Waals surface area contributed by atoms with Gasteiger partial charge in [0.15, 0.2) is 0 Å². The van der Waals surface area contributed by atoms with Gasteiger partial charge in [-0.25, -0.2) is 0 Å². The fraction of sp³-hybridized carbons (Fsp3) is 0.714. The summed E-state index contributed by atoms with van der Waals surface area (Å²) in [7, 11) is 0. The summed E-state index contributed by atoms with van der Waals surface area (Å²) >= 11 is 11.9. The Labute approximate surface area is 305 Å². The molecule has 5 nitrogen and oxygen atoms in total. The standard InChI is InChI=1S/C35H57N3O2S6/c1-4-7-10-11-12-13-14-15-16-17-21-36-30(39)19-20-31(40)37-22-18-23-38-26-28-29(27-38)44-34(43-28)35-45-32(41-24-8-5-2)33(46-35)42-25-9-6-3/h26-27H,4-25H2,1-3H3,(H,36,39)(H,37,40). The first-order valence-electron chi connectivity index (χ1n) is 17.7. The van der Waals surface area contributed by atoms with Crippen LogP contribution in [0.4, 0.5) is 0 Å². The Morgan fingerprint density at radius 3 is 1.52 bits per heavy atom. The van der Waals surface area contributed by atoms with Crippen molar-refractivity contribution >= 4 is 82.4 Å². The van der Waals surface area contributed by atoms with Gasteiger partial charge in [0.25, 0.3) is 0 Å². The van der Waals surface area contributed by atoms with Gasteiger partial charge >= 0.3 is 0 Å². The summed E-state index contributed by atoms with van der Waals surface area (Å²) in [5.74, 6) is 2.37. The van der Waals surface area contributed by atoms with Crippen molar-refractivity contribution in [3.8, 4) is 0 Å². The number of rotatable bonds is 26. The summed E-state index contributed by atoms with van der Waals surface area (Å²) in [4.78, 5) is 27.1. The van der Waals surface area contributed by atoms with Crippen LogP contribution in [0.25, 0.3) is 0 Å². The van der Waals surface area contributed by atoms with E-state index in [1.807, 2.05) is 70.6 Å². The molecule has 46 heavy (non-hydrogen) atoms. The lowest BCUT2D eigenvalue weighted by Gasteiger charge is -2.08. The molecule has 0 unspecified atom stereocenters. The van der Waals surface area contributed by atoms with Crippen LogP contribution >= 0.6 is 70.6 Å². The van der Waals surface area contributed by atoms with E-state index in [1.54, 1.807) is 0 Å². The lowest BCUT2D eigenvalue weighted by atomic mass is 10.1. The molecule has 3 heterocycles. The average Bonchev–Trinajstić information content (AvgIpc) is 3.75. The number of fused-ring (bicyclic) bond motifs is 1. The van der Waals surface area contributed by atoms with Crippen molar-refractivity contribution in [2.75, 3.05) is 24.6 Å². The highest BCUT2D eigenvalue weighted by atomic mass is 32.3. The molecule has 2 N–H and O–H groups in total. The van der Waals surface area contributed by atoms with E-state index in [9.17, 15) is 9.59 Å². The van der Waals surface area contributed by atoms with Gasteiger partial charge < -0.3 is 15.2 Å². The first-order valence-corrected chi connectivity index (χ1v) is 23.0. The normalized spacial score (nSPS) is 14.4. The zero-order chi connectivity index (χ0) is 32.8. The Bertz CT molecular complexity index is 1070. The number of aromatic nitrogens is 1. The number of carbonyl (C=O) groups is 2. The smallest absolute Gasteiger partial charge is 0.220 e. The number of thioether (sulfide) groups is 6. The molecule has 1 aromatic rings. The number of carbonyl (C=O) groups excluding carboxylic acids is 2. The summed E-state index contributed by atoms with van der Waals surface area (Å²) < 4.78 is 8.15. The van der Waals surface area contributed by atoms with E-state index in [0.717, 1.165) is 25.9 Å². The first kappa shape index (κ1) is 40.2. The zero-order valence-electron chi connectivity index (χ0n) is 28.4. The van der Waals surface area contributed by atoms with Gasteiger partial charge in [-0.15, -0.1) is 23.5 Å². The molecule has 2 amide bonds. The number of hydrogen-bond acceptors (Lipinski definition) is 8. The molecule has 0 aromatic carbocycles. The maximum atomic E-state index is 12.3. The van der Waals surface area contributed by atoms with Gasteiger partial charge in [0.05, 0.1) is 16.9 Å². The van der Waals surface area contributed by atoms with Gasteiger partial charge in [-0.2, -0.15) is 0 Å². The molecule has 0 radical (unpaired) electrons. The highest BCUT2D eigenvalue weighted by Gasteiger charge is 2.29. The summed E-state index contributed by atoms with van der Waals surface area (Å²) in [6.07, 6.45) is 23.9. The van der Waals surface area contributed by atoms with Crippen LogP contribution in [0.5, 0.6) is 0 Å². The maximum absolute atomic E-state index is 12.3. The number of unbranched alkanes of at least 4 members (excludes halogenated alkanes) is 11. The van der Waals surface area contributed by atoms with Crippen molar-refractivity contribution in [1.29, 1.82) is 0 Å². The number of nitrogens with zero attached hydrogens (tertiary/aromatic N) is 1. The van der Waals surface area contributed by atoms with E-state index in [0.29, 0.717) is 6.54 Å². The van der Waals surface area contributed by atoms with Crippen LogP contribution in [0, 0.1) is 0 Å². The van der Waals surface area contributed by atoms with E-state index in [1.165, 1.54) is 122 Å². The van der Waals surface area contributed by atoms with Crippen LogP contribution in [0.2, 0.25) is 0 Å². The van der Waals surface area contributed by atoms with Crippen molar-refractivity contribution < 1.29 is 9.59 Å². The Kier molecular flexibility index (Phi) is 21.7. The summed E-state index contributed by atoms with van der Waals surface area (Å²) in [6, 6.07) is 0. The molecular formula is C35H57N3O2S6. The van der Waals surface area contributed by atoms with Crippen molar-refractivity contribution in [2.45, 2.75) is 146 Å². The summed E-state index contributed by atoms with van der Waals surface area (Å²) in [5.41, 5.74) is 0. The molecule has 0 fully saturated rings. The topological polar surface area (TPSA) is 63.1 Å². The molecule has 1 aromatic heterocycles. The highest BCUT2D eigenvalue weighted by molar-refractivity contribution is 8.42. The minimum Gasteiger partial charge on any atom is -0.356 e. The predicted octanol–water partition coefficient (Wildman–Crippen LogP) is 11.8. The van der Waals surface area contributed by atoms with Gasteiger partial charge in [-0.1, -0.05) is 138 Å². The van der Waals surface area contributed by atoms with E-state index in [-0.39, 0.29) is 24.7 Å². The van der Waals surface area contributed by atoms with Crippen molar-refractivity contribution in [2.24, 2.45) is 0 Å². The SMILES string of the molecule is CCCCCCCCCCCCNC(=O)CCC(=O)NCCCn1cc2c(c1)SC(=C1SC(SCCCC)=C(SCCCC)S1)S2. The van der Waals surface area contributed by atoms with Gasteiger partial charge in [0.1, 0.15) is 0 Å². The predicted molar refractivity (Wildman–Crippen MR) is 212 cm³/mol. The zero-order valence-corrected chi connectivity index (χ0v) is 33.3. The van der Waals surface area contributed by atoms with Crippen LogP contribution in [0.15, 0.2) is 39.1 Å². The van der Waals surface area contributed by atoms with Gasteiger partial charge in [0.2, 0.25) is 11.8 Å². The van der Waals surface area contributed by atoms with Crippen LogP contribution in [-0.4, -0.2) is 41.0 Å². The Morgan fingerprint density at radius 2 is 1.02 bits per heavy atom. The lowest BCUT2D eigenvalue weighted by molar-refractivity contribution is -0.126. The van der Waals surface area contributed by atoms with Crippen molar-refractivity contribution in [1.82, 2.24) is 15.2 Å². The number of aryl methyl sites for hydroxylation is 1. The number of amides is 2. The third-order valence-corrected chi connectivity index (χ3v) is 16.4. The largest absolute Gasteiger partial charge is 0.356 e. The van der Waals surface area contributed by atoms with Gasteiger partial charge in [-0.05, 0) is 37.2 Å². The Morgan fingerprint density at radius 1 is 0.587 bits per heavy atom. The quantitative estimate of drug-likeness (QED) is 0.0910. The molecule has 2 aliphatic rings. The molecule has 0 bridgehead atoms. The van der Waals surface area contributed by atoms with Gasteiger partial charge in [-0.3, -0.25) is 9.59 Å². The second-order valence-corrected chi connectivity index (χ2v) is 19.3. The molecule has 0 saturated heterocycles. The van der Waals surface area contributed by atoms with Crippen molar-refractivity contribution in [3.05, 3.63) is 29.3 Å². The second-order valence-electron chi connectivity index (χ2n) is 11.9. The second kappa shape index (κ2) is 24.9. The molecule has 0 spiro atoms. The number of nitrogens with one attached hydrogen (secondary N) is 2. The minimum atomic E-state index is -0.0360. The van der Waals surface area contributed by atoms with Crippen LogP contribution < -0.4 is 10.6 Å². The Hall–Kier alpha value is -0.200. The fourth-order valence-corrected chi connectivity index (χ4v) is 13.9. The molecular weight excluding hydrogens is 687 g/mol. The molecule has 3 rings (SSSR count). The maximum Gasteiger partial charge on any atom is 0.220 e. The molecule has 260 valence electrons. The van der Waals surface area contributed by atoms with E-state index in [4.69, 9.17) is 0 Å². The molecule has 0 atom stereocenters. The lowest BCUT2D eigenvalue weighted by Crippen LogP contribution is -2.29. The number of hydrogen-bond donors (Lipinski definition) is 2. The van der Waals surface area contributed by atoms with E-state index < -0.39 is 0 Å². The van der Waals surface area contributed by atoms with Crippen LogP contribution in [0.1, 0.15) is 130 Å². The fourth-order valence-electron chi connectivity index (χ4n) is 4.94. The van der Waals surface area contributed by atoms with E-state index in [2.05, 4.69) is 48.4 Å². The first-order chi connectivity index (χ1) is 22.5. The Balaban J connectivity index is 1.24. The third kappa shape index (κ3) is 16.0. The average molecular weight is 744 g/mol. The summed E-state index contributed by atoms with van der Waals surface area (Å²) in [6.45, 7) is 9.03. The van der Waals surface area contributed by atoms with Crippen LogP contribution in [0.3, 0.4) is 0 Å². The minimum absolute atomic E-state index is 0.0135. The van der Waals surface area contributed by atoms with E-state index >= 15 is 0 Å². The van der Waals surface area contributed by atoms with Gasteiger partial charge in [0, 0.05) is 54.7 Å². The van der Waals surface area contributed by atoms with Crippen LogP contribution in [-0.2, 0) is 16.1 Å². The molecule has 2 aliphatic heterocycles. The molecule has 11 heteroatoms. The van der Waals surface area contributed by atoms with Crippen molar-refractivity contribution in [3.63, 3.8) is 0 Å². The molecule has 0 saturated carbocycles. The molecule has 0 aliphatic carbocycles. The third-order valence-electron chi connectivity index (χ3n) is 7.73. The monoisotopic (exact) mass is 743 g/mol. The summed E-state index contributed by atoms with van der Waals surface area (Å²) in [5, 5.41) is 5.97.